The van der Waals surface area contributed by atoms with Gasteiger partial charge in [-0.05, 0) is 30.7 Å². The fourth-order valence-electron chi connectivity index (χ4n) is 2.34. The summed E-state index contributed by atoms with van der Waals surface area (Å²) < 4.78 is 5.03. The smallest absolute Gasteiger partial charge is 0.322 e. The number of carbonyl (C=O) groups is 3. The molecule has 0 bridgehead atoms. The Morgan fingerprint density at radius 2 is 2.00 bits per heavy atom. The third-order valence-electron chi connectivity index (χ3n) is 3.55. The Morgan fingerprint density at radius 3 is 2.61 bits per heavy atom. The van der Waals surface area contributed by atoms with Crippen molar-refractivity contribution >= 4 is 17.8 Å². The topological polar surface area (TPSA) is 117 Å². The Hall–Kier alpha value is -2.61. The molecule has 23 heavy (non-hydrogen) atoms. The first-order valence-corrected chi connectivity index (χ1v) is 7.17. The lowest BCUT2D eigenvalue weighted by molar-refractivity contribution is -0.138. The molecule has 1 heterocycles. The van der Waals surface area contributed by atoms with Crippen molar-refractivity contribution in [3.63, 3.8) is 0 Å². The third kappa shape index (κ3) is 4.68. The second kappa shape index (κ2) is 7.59. The van der Waals surface area contributed by atoms with Crippen LogP contribution in [0.3, 0.4) is 0 Å². The van der Waals surface area contributed by atoms with Crippen molar-refractivity contribution in [1.82, 2.24) is 16.0 Å². The van der Waals surface area contributed by atoms with Gasteiger partial charge in [0.05, 0.1) is 13.2 Å². The number of hydrogen-bond acceptors (Lipinski definition) is 5. The van der Waals surface area contributed by atoms with E-state index in [4.69, 9.17) is 9.84 Å². The van der Waals surface area contributed by atoms with Crippen LogP contribution in [0.2, 0.25) is 0 Å². The van der Waals surface area contributed by atoms with Crippen molar-refractivity contribution in [3.8, 4) is 5.75 Å². The highest BCUT2D eigenvalue weighted by atomic mass is 16.5. The average Bonchev–Trinajstić information content (AvgIpc) is 3.01. The molecule has 1 aliphatic rings. The van der Waals surface area contributed by atoms with Crippen LogP contribution in [-0.2, 0) is 9.59 Å². The number of rotatable bonds is 6. The predicted octanol–water partition coefficient (Wildman–Crippen LogP) is -0.644. The molecule has 1 fully saturated rings. The second-order valence-electron chi connectivity index (χ2n) is 5.21. The Labute approximate surface area is 133 Å². The van der Waals surface area contributed by atoms with Crippen molar-refractivity contribution in [3.05, 3.63) is 29.8 Å². The molecule has 1 aliphatic heterocycles. The van der Waals surface area contributed by atoms with Gasteiger partial charge in [0.2, 0.25) is 5.91 Å². The summed E-state index contributed by atoms with van der Waals surface area (Å²) in [6, 6.07) is 6.02. The largest absolute Gasteiger partial charge is 0.497 e. The number of ether oxygens (including phenoxy) is 1. The molecular formula is C15H19N3O5. The first-order chi connectivity index (χ1) is 11.0. The van der Waals surface area contributed by atoms with E-state index >= 15 is 0 Å². The van der Waals surface area contributed by atoms with E-state index in [0.717, 1.165) is 0 Å². The van der Waals surface area contributed by atoms with Crippen molar-refractivity contribution < 1.29 is 24.2 Å². The first-order valence-electron chi connectivity index (χ1n) is 7.17. The number of carboxylic acids is 1. The Balaban J connectivity index is 1.83. The summed E-state index contributed by atoms with van der Waals surface area (Å²) in [5.41, 5.74) is 0.504. The SMILES string of the molecule is COc1ccc(C(=O)N[C@@H]2CN[C@H](C(=O)NCC(=O)O)C2)cc1. The van der Waals surface area contributed by atoms with Crippen molar-refractivity contribution in [2.45, 2.75) is 18.5 Å². The van der Waals surface area contributed by atoms with Gasteiger partial charge in [0.1, 0.15) is 12.3 Å². The van der Waals surface area contributed by atoms with Crippen LogP contribution in [0.4, 0.5) is 0 Å². The lowest BCUT2D eigenvalue weighted by Crippen LogP contribution is -2.42. The zero-order valence-electron chi connectivity index (χ0n) is 12.7. The number of hydrogen-bond donors (Lipinski definition) is 4. The molecular weight excluding hydrogens is 302 g/mol. The maximum Gasteiger partial charge on any atom is 0.322 e. The molecule has 0 radical (unpaired) electrons. The van der Waals surface area contributed by atoms with Crippen LogP contribution in [0.5, 0.6) is 5.75 Å². The quantitative estimate of drug-likeness (QED) is 0.553. The van der Waals surface area contributed by atoms with E-state index in [2.05, 4.69) is 16.0 Å². The highest BCUT2D eigenvalue weighted by Gasteiger charge is 2.30. The molecule has 1 aromatic carbocycles. The van der Waals surface area contributed by atoms with Crippen LogP contribution in [0.15, 0.2) is 24.3 Å². The van der Waals surface area contributed by atoms with Crippen LogP contribution in [0, 0.1) is 0 Å². The van der Waals surface area contributed by atoms with Crippen LogP contribution in [0.1, 0.15) is 16.8 Å². The number of nitrogens with one attached hydrogen (secondary N) is 3. The monoisotopic (exact) mass is 321 g/mol. The number of carboxylic acid groups (broad SMARTS) is 1. The number of benzene rings is 1. The zero-order chi connectivity index (χ0) is 16.8. The van der Waals surface area contributed by atoms with E-state index in [9.17, 15) is 14.4 Å². The average molecular weight is 321 g/mol. The summed E-state index contributed by atoms with van der Waals surface area (Å²) in [5.74, 6) is -1.04. The van der Waals surface area contributed by atoms with E-state index in [1.807, 2.05) is 0 Å². The number of amides is 2. The van der Waals surface area contributed by atoms with Gasteiger partial charge >= 0.3 is 5.97 Å². The van der Waals surface area contributed by atoms with Gasteiger partial charge in [-0.1, -0.05) is 0 Å². The summed E-state index contributed by atoms with van der Waals surface area (Å²) in [7, 11) is 1.55. The van der Waals surface area contributed by atoms with E-state index in [0.29, 0.717) is 24.3 Å². The van der Waals surface area contributed by atoms with Crippen LogP contribution in [-0.4, -0.2) is 55.2 Å². The van der Waals surface area contributed by atoms with Crippen molar-refractivity contribution in [2.24, 2.45) is 0 Å². The molecule has 0 saturated carbocycles. The molecule has 0 unspecified atom stereocenters. The standard InChI is InChI=1S/C15H19N3O5/c1-23-11-4-2-9(3-5-11)14(21)18-10-6-12(16-7-10)15(22)17-8-13(19)20/h2-5,10,12,16H,6-8H2,1H3,(H,17,22)(H,18,21)(H,19,20)/t10-,12-/m0/s1. The number of aliphatic carboxylic acids is 1. The minimum absolute atomic E-state index is 0.190. The number of carbonyl (C=O) groups excluding carboxylic acids is 2. The van der Waals surface area contributed by atoms with Gasteiger partial charge in [-0.3, -0.25) is 14.4 Å². The summed E-state index contributed by atoms with van der Waals surface area (Å²) in [4.78, 5) is 34.3. The van der Waals surface area contributed by atoms with Gasteiger partial charge in [-0.15, -0.1) is 0 Å². The second-order valence-corrected chi connectivity index (χ2v) is 5.21. The molecule has 8 nitrogen and oxygen atoms in total. The fraction of sp³-hybridized carbons (Fsp3) is 0.400. The summed E-state index contributed by atoms with van der Waals surface area (Å²) >= 11 is 0. The molecule has 4 N–H and O–H groups in total. The molecule has 2 amide bonds. The third-order valence-corrected chi connectivity index (χ3v) is 3.55. The Kier molecular flexibility index (Phi) is 5.53. The molecule has 0 aliphatic carbocycles. The Bertz CT molecular complexity index is 587. The van der Waals surface area contributed by atoms with E-state index in [1.165, 1.54) is 0 Å². The minimum atomic E-state index is -1.10. The molecule has 2 rings (SSSR count). The summed E-state index contributed by atoms with van der Waals surface area (Å²) in [6.45, 7) is 0.0347. The van der Waals surface area contributed by atoms with Crippen LogP contribution < -0.4 is 20.7 Å². The van der Waals surface area contributed by atoms with Crippen LogP contribution in [0.25, 0.3) is 0 Å². The highest BCUT2D eigenvalue weighted by molar-refractivity contribution is 5.94. The molecule has 0 spiro atoms. The molecule has 8 heteroatoms. The maximum absolute atomic E-state index is 12.1. The molecule has 1 saturated heterocycles. The van der Waals surface area contributed by atoms with E-state index in [1.54, 1.807) is 31.4 Å². The van der Waals surface area contributed by atoms with Crippen molar-refractivity contribution in [1.29, 1.82) is 0 Å². The maximum atomic E-state index is 12.1. The minimum Gasteiger partial charge on any atom is -0.497 e. The molecule has 1 aromatic rings. The van der Waals surface area contributed by atoms with Gasteiger partial charge in [0, 0.05) is 18.2 Å². The molecule has 124 valence electrons. The van der Waals surface area contributed by atoms with Gasteiger partial charge in [0.15, 0.2) is 0 Å². The van der Waals surface area contributed by atoms with Gasteiger partial charge in [-0.2, -0.15) is 0 Å². The zero-order valence-corrected chi connectivity index (χ0v) is 12.7. The lowest BCUT2D eigenvalue weighted by atomic mass is 10.1. The first kappa shape index (κ1) is 16.8. The van der Waals surface area contributed by atoms with E-state index < -0.39 is 18.6 Å². The van der Waals surface area contributed by atoms with Gasteiger partial charge in [0.25, 0.3) is 5.91 Å². The molecule has 0 aromatic heterocycles. The summed E-state index contributed by atoms with van der Waals surface area (Å²) in [5, 5.41) is 16.7. The highest BCUT2D eigenvalue weighted by Crippen LogP contribution is 2.12. The van der Waals surface area contributed by atoms with Crippen molar-refractivity contribution in [2.75, 3.05) is 20.2 Å². The van der Waals surface area contributed by atoms with Gasteiger partial charge in [-0.25, -0.2) is 0 Å². The van der Waals surface area contributed by atoms with Crippen LogP contribution >= 0.6 is 0 Å². The van der Waals surface area contributed by atoms with Gasteiger partial charge < -0.3 is 25.8 Å². The number of methoxy groups -OCH3 is 1. The van der Waals surface area contributed by atoms with E-state index in [-0.39, 0.29) is 17.9 Å². The Morgan fingerprint density at radius 1 is 1.30 bits per heavy atom. The molecule has 2 atom stereocenters. The fourth-order valence-corrected chi connectivity index (χ4v) is 2.34. The lowest BCUT2D eigenvalue weighted by Gasteiger charge is -2.12. The predicted molar refractivity (Wildman–Crippen MR) is 81.3 cm³/mol. The summed E-state index contributed by atoms with van der Waals surface area (Å²) in [6.07, 6.45) is 0.410. The normalized spacial score (nSPS) is 19.9.